The van der Waals surface area contributed by atoms with Gasteiger partial charge < -0.3 is 15.1 Å². The van der Waals surface area contributed by atoms with E-state index in [1.165, 1.54) is 42.7 Å². The first-order chi connectivity index (χ1) is 14.3. The van der Waals surface area contributed by atoms with Crippen molar-refractivity contribution in [1.29, 1.82) is 0 Å². The molecule has 30 heavy (non-hydrogen) atoms. The van der Waals surface area contributed by atoms with Crippen LogP contribution in [0.5, 0.6) is 0 Å². The Morgan fingerprint density at radius 1 is 1.00 bits per heavy atom. The van der Waals surface area contributed by atoms with Gasteiger partial charge in [-0.1, -0.05) is 17.7 Å². The second-order valence-corrected chi connectivity index (χ2v) is 8.66. The summed E-state index contributed by atoms with van der Waals surface area (Å²) in [5.41, 5.74) is 1.13. The summed E-state index contributed by atoms with van der Waals surface area (Å²) in [6, 6.07) is 14.2. The lowest BCUT2D eigenvalue weighted by Gasteiger charge is -2.17. The zero-order chi connectivity index (χ0) is 21.7. The van der Waals surface area contributed by atoms with Crippen molar-refractivity contribution in [2.75, 3.05) is 11.9 Å². The van der Waals surface area contributed by atoms with Crippen molar-refractivity contribution in [1.82, 2.24) is 5.32 Å². The Balaban J connectivity index is 1.74. The van der Waals surface area contributed by atoms with Crippen molar-refractivity contribution in [2.45, 2.75) is 17.1 Å². The quantitative estimate of drug-likeness (QED) is 0.585. The fourth-order valence-electron chi connectivity index (χ4n) is 2.72. The maximum Gasteiger partial charge on any atom is 0.313 e. The fraction of sp³-hybridized carbons (Fsp3) is 0.143. The summed E-state index contributed by atoms with van der Waals surface area (Å²) in [4.78, 5) is 24.3. The number of hydrogen-bond donors (Lipinski definition) is 2. The van der Waals surface area contributed by atoms with Crippen LogP contribution >= 0.6 is 0 Å². The van der Waals surface area contributed by atoms with Crippen LogP contribution < -0.4 is 10.6 Å². The number of amides is 2. The molecule has 0 aliphatic heterocycles. The highest BCUT2D eigenvalue weighted by Gasteiger charge is 2.32. The molecule has 1 heterocycles. The normalized spacial score (nSPS) is 12.2. The van der Waals surface area contributed by atoms with Gasteiger partial charge in [-0.3, -0.25) is 9.59 Å². The second kappa shape index (κ2) is 8.91. The second-order valence-electron chi connectivity index (χ2n) is 6.53. The highest BCUT2D eigenvalue weighted by molar-refractivity contribution is 7.91. The minimum atomic E-state index is -3.91. The lowest BCUT2D eigenvalue weighted by Crippen LogP contribution is -2.39. The molecule has 0 radical (unpaired) electrons. The van der Waals surface area contributed by atoms with Gasteiger partial charge in [-0.15, -0.1) is 0 Å². The van der Waals surface area contributed by atoms with Gasteiger partial charge in [0.25, 0.3) is 0 Å². The predicted octanol–water partition coefficient (Wildman–Crippen LogP) is 3.00. The zero-order valence-electron chi connectivity index (χ0n) is 16.0. The Morgan fingerprint density at radius 3 is 2.27 bits per heavy atom. The van der Waals surface area contributed by atoms with Gasteiger partial charge in [0, 0.05) is 12.2 Å². The molecule has 0 saturated heterocycles. The first-order valence-electron chi connectivity index (χ1n) is 8.96. The minimum Gasteiger partial charge on any atom is -0.468 e. The van der Waals surface area contributed by atoms with Gasteiger partial charge in [0.05, 0.1) is 11.2 Å². The monoisotopic (exact) mass is 430 g/mol. The summed E-state index contributed by atoms with van der Waals surface area (Å²) in [6.07, 6.45) is 1.33. The lowest BCUT2D eigenvalue weighted by atomic mass is 10.2. The van der Waals surface area contributed by atoms with Gasteiger partial charge in [0.2, 0.25) is 0 Å². The molecule has 0 aliphatic carbocycles. The van der Waals surface area contributed by atoms with E-state index in [9.17, 15) is 22.4 Å². The van der Waals surface area contributed by atoms with E-state index in [2.05, 4.69) is 10.6 Å². The Bertz CT molecular complexity index is 1130. The van der Waals surface area contributed by atoms with Gasteiger partial charge in [-0.2, -0.15) is 0 Å². The summed E-state index contributed by atoms with van der Waals surface area (Å²) in [7, 11) is -3.91. The molecule has 0 spiro atoms. The molecule has 2 aromatic carbocycles. The number of benzene rings is 2. The largest absolute Gasteiger partial charge is 0.468 e. The van der Waals surface area contributed by atoms with Gasteiger partial charge in [0.1, 0.15) is 16.8 Å². The number of carbonyl (C=O) groups excluding carboxylic acids is 2. The minimum absolute atomic E-state index is 0.0690. The van der Waals surface area contributed by atoms with Crippen LogP contribution in [-0.4, -0.2) is 26.8 Å². The van der Waals surface area contributed by atoms with E-state index in [1.807, 2.05) is 6.92 Å². The average Bonchev–Trinajstić information content (AvgIpc) is 3.24. The third-order valence-corrected chi connectivity index (χ3v) is 6.42. The van der Waals surface area contributed by atoms with Gasteiger partial charge in [0.15, 0.2) is 9.84 Å². The van der Waals surface area contributed by atoms with Gasteiger partial charge >= 0.3 is 11.8 Å². The number of hydrogen-bond acceptors (Lipinski definition) is 5. The SMILES string of the molecule is Cc1ccc(S(=O)(=O)[C@@H](CNC(=O)C(=O)Nc2ccc(F)cc2)c2ccco2)cc1. The van der Waals surface area contributed by atoms with Gasteiger partial charge in [-0.25, -0.2) is 12.8 Å². The molecule has 0 saturated carbocycles. The Hall–Kier alpha value is -3.46. The highest BCUT2D eigenvalue weighted by Crippen LogP contribution is 2.29. The van der Waals surface area contributed by atoms with E-state index < -0.39 is 32.7 Å². The van der Waals surface area contributed by atoms with Crippen LogP contribution in [0.2, 0.25) is 0 Å². The first kappa shape index (κ1) is 21.3. The number of nitrogens with one attached hydrogen (secondary N) is 2. The third kappa shape index (κ3) is 4.93. The van der Waals surface area contributed by atoms with Crippen LogP contribution in [0.15, 0.2) is 76.2 Å². The van der Waals surface area contributed by atoms with E-state index in [4.69, 9.17) is 4.42 Å². The van der Waals surface area contributed by atoms with Crippen molar-refractivity contribution >= 4 is 27.3 Å². The summed E-state index contributed by atoms with van der Waals surface area (Å²) in [5.74, 6) is -2.39. The molecule has 7 nitrogen and oxygen atoms in total. The first-order valence-corrected chi connectivity index (χ1v) is 10.5. The molecule has 1 aromatic heterocycles. The number of aryl methyl sites for hydroxylation is 1. The van der Waals surface area contributed by atoms with Crippen LogP contribution in [0, 0.1) is 12.7 Å². The maximum absolute atomic E-state index is 13.1. The molecule has 2 N–H and O–H groups in total. The predicted molar refractivity (Wildman–Crippen MR) is 108 cm³/mol. The van der Waals surface area contributed by atoms with E-state index >= 15 is 0 Å². The molecule has 2 amide bonds. The van der Waals surface area contributed by atoms with Crippen LogP contribution in [0.25, 0.3) is 0 Å². The topological polar surface area (TPSA) is 105 Å². The highest BCUT2D eigenvalue weighted by atomic mass is 32.2. The van der Waals surface area contributed by atoms with E-state index in [1.54, 1.807) is 12.1 Å². The molecular weight excluding hydrogens is 411 g/mol. The maximum atomic E-state index is 13.1. The number of rotatable bonds is 6. The molecule has 9 heteroatoms. The van der Waals surface area contributed by atoms with Crippen molar-refractivity contribution in [3.63, 3.8) is 0 Å². The van der Waals surface area contributed by atoms with E-state index in [0.717, 1.165) is 17.7 Å². The summed E-state index contributed by atoms with van der Waals surface area (Å²) < 4.78 is 44.4. The summed E-state index contributed by atoms with van der Waals surface area (Å²) >= 11 is 0. The van der Waals surface area contributed by atoms with Crippen molar-refractivity contribution in [2.24, 2.45) is 0 Å². The molecule has 3 rings (SSSR count). The number of furan rings is 1. The number of anilines is 1. The third-order valence-electron chi connectivity index (χ3n) is 4.34. The molecule has 0 aliphatic rings. The van der Waals surface area contributed by atoms with Crippen LogP contribution in [-0.2, 0) is 19.4 Å². The summed E-state index contributed by atoms with van der Waals surface area (Å²) in [6.45, 7) is 1.46. The fourth-order valence-corrected chi connectivity index (χ4v) is 4.30. The lowest BCUT2D eigenvalue weighted by molar-refractivity contribution is -0.136. The van der Waals surface area contributed by atoms with Crippen molar-refractivity contribution in [3.8, 4) is 0 Å². The molecule has 1 atom stereocenters. The Morgan fingerprint density at radius 2 is 1.67 bits per heavy atom. The van der Waals surface area contributed by atoms with Crippen LogP contribution in [0.4, 0.5) is 10.1 Å². The van der Waals surface area contributed by atoms with Gasteiger partial charge in [-0.05, 0) is 55.5 Å². The standard InChI is InChI=1S/C21H19FN2O5S/c1-14-4-10-17(11-5-14)30(27,28)19(18-3-2-12-29-18)13-23-20(25)21(26)24-16-8-6-15(22)7-9-16/h2-12,19H,13H2,1H3,(H,23,25)(H,24,26)/t19-/m0/s1. The van der Waals surface area contributed by atoms with Crippen LogP contribution in [0.1, 0.15) is 16.6 Å². The van der Waals surface area contributed by atoms with Crippen molar-refractivity contribution in [3.05, 3.63) is 84.1 Å². The summed E-state index contributed by atoms with van der Waals surface area (Å²) in [5, 5.41) is 3.41. The average molecular weight is 430 g/mol. The molecule has 3 aromatic rings. The molecule has 0 fully saturated rings. The molecular formula is C21H19FN2O5S. The van der Waals surface area contributed by atoms with E-state index in [-0.39, 0.29) is 22.9 Å². The molecule has 0 unspecified atom stereocenters. The molecule has 0 bridgehead atoms. The smallest absolute Gasteiger partial charge is 0.313 e. The van der Waals surface area contributed by atoms with Crippen molar-refractivity contribution < 1.29 is 26.8 Å². The number of sulfone groups is 1. The zero-order valence-corrected chi connectivity index (χ0v) is 16.8. The number of halogens is 1. The van der Waals surface area contributed by atoms with E-state index in [0.29, 0.717) is 0 Å². The Labute approximate surface area is 172 Å². The Kier molecular flexibility index (Phi) is 6.31. The number of carbonyl (C=O) groups is 2. The molecule has 156 valence electrons. The van der Waals surface area contributed by atoms with Crippen LogP contribution in [0.3, 0.4) is 0 Å².